The van der Waals surface area contributed by atoms with Crippen molar-refractivity contribution < 1.29 is 0 Å². The van der Waals surface area contributed by atoms with Crippen LogP contribution in [-0.2, 0) is 0 Å². The summed E-state index contributed by atoms with van der Waals surface area (Å²) in [4.78, 5) is 0. The smallest absolute Gasteiger partial charge is 0.0171 e. The molecular weight excluding hydrogens is 372 g/mol. The van der Waals surface area contributed by atoms with E-state index in [1.54, 1.807) is 5.57 Å². The third-order valence-corrected chi connectivity index (χ3v) is 5.96. The lowest BCUT2D eigenvalue weighted by Gasteiger charge is -2.19. The second kappa shape index (κ2) is 31.7. The summed E-state index contributed by atoms with van der Waals surface area (Å²) in [7, 11) is 0. The van der Waals surface area contributed by atoms with Crippen molar-refractivity contribution in [2.75, 3.05) is 0 Å². The van der Waals surface area contributed by atoms with Crippen LogP contribution in [0.4, 0.5) is 0 Å². The first-order chi connectivity index (χ1) is 14.9. The Hall–Kier alpha value is -0.520. The molecule has 0 heteroatoms. The normalized spacial score (nSPS) is 14.7. The molecule has 0 heterocycles. The lowest BCUT2D eigenvalue weighted by molar-refractivity contribution is 0.540. The first kappa shape index (κ1) is 35.1. The predicted molar refractivity (Wildman–Crippen MR) is 149 cm³/mol. The van der Waals surface area contributed by atoms with Gasteiger partial charge in [0.05, 0.1) is 0 Å². The first-order valence-corrected chi connectivity index (χ1v) is 14.3. The summed E-state index contributed by atoms with van der Waals surface area (Å²) in [6, 6.07) is 0. The molecule has 1 aliphatic rings. The Labute approximate surface area is 200 Å². The molecule has 0 radical (unpaired) electrons. The minimum absolute atomic E-state index is 0.767. The molecule has 0 aromatic heterocycles. The molecule has 0 amide bonds. The van der Waals surface area contributed by atoms with E-state index in [9.17, 15) is 0 Å². The summed E-state index contributed by atoms with van der Waals surface area (Å²) < 4.78 is 0. The Balaban J connectivity index is -0.000000345. The summed E-state index contributed by atoms with van der Waals surface area (Å²) in [6.45, 7) is 21.8. The number of hydrogen-bond donors (Lipinski definition) is 0. The number of hydrogen-bond acceptors (Lipinski definition) is 0. The van der Waals surface area contributed by atoms with Gasteiger partial charge < -0.3 is 0 Å². The van der Waals surface area contributed by atoms with Crippen LogP contribution in [0.3, 0.4) is 0 Å². The van der Waals surface area contributed by atoms with Gasteiger partial charge in [0.2, 0.25) is 0 Å². The third kappa shape index (κ3) is 34.3. The molecule has 0 nitrogen and oxygen atoms in total. The zero-order valence-electron chi connectivity index (χ0n) is 23.6. The van der Waals surface area contributed by atoms with E-state index in [0.29, 0.717) is 0 Å². The van der Waals surface area contributed by atoms with Crippen molar-refractivity contribution in [3.8, 4) is 0 Å². The van der Waals surface area contributed by atoms with Crippen LogP contribution in [0.1, 0.15) is 171 Å². The van der Waals surface area contributed by atoms with Crippen molar-refractivity contribution in [2.45, 2.75) is 171 Å². The van der Waals surface area contributed by atoms with Crippen molar-refractivity contribution in [1.29, 1.82) is 0 Å². The highest BCUT2D eigenvalue weighted by atomic mass is 14.2. The highest BCUT2D eigenvalue weighted by Crippen LogP contribution is 2.27. The SMILES string of the molecule is C=C(C)C1CC=C(C)CC1.CCCCCC.CCCCCCC.CCCCCCCC. The maximum absolute atomic E-state index is 3.97. The average molecular weight is 437 g/mol. The van der Waals surface area contributed by atoms with Gasteiger partial charge in [-0.05, 0) is 39.0 Å². The second-order valence-electron chi connectivity index (χ2n) is 9.55. The fraction of sp³-hybridized carbons (Fsp3) is 0.871. The predicted octanol–water partition coefficient (Wildman–Crippen LogP) is 12.2. The number of unbranched alkanes of at least 4 members (excludes halogenated alkanes) is 12. The molecule has 0 aromatic rings. The number of allylic oxidation sites excluding steroid dienone is 3. The van der Waals surface area contributed by atoms with Crippen LogP contribution >= 0.6 is 0 Å². The standard InChI is InChI=1S/C10H16.C8H18.C7H16.C6H14/c1-8(2)10-6-4-9(3)5-7-10;1-3-5-7-8-6-4-2;1-3-5-7-6-4-2;1-3-5-6-4-2/h4,10H,1,5-7H2,2-3H3;3-8H2,1-2H3;3-7H2,1-2H3;3-6H2,1-2H3. The largest absolute Gasteiger partial charge is 0.0998 e. The molecule has 1 atom stereocenters. The molecule has 0 bridgehead atoms. The van der Waals surface area contributed by atoms with Crippen molar-refractivity contribution in [1.82, 2.24) is 0 Å². The summed E-state index contributed by atoms with van der Waals surface area (Å²) in [5.41, 5.74) is 2.90. The van der Waals surface area contributed by atoms with Crippen LogP contribution in [0.2, 0.25) is 0 Å². The van der Waals surface area contributed by atoms with Crippen LogP contribution in [-0.4, -0.2) is 0 Å². The Morgan fingerprint density at radius 2 is 1.00 bits per heavy atom. The minimum Gasteiger partial charge on any atom is -0.0998 e. The molecule has 0 aliphatic heterocycles. The summed E-state index contributed by atoms with van der Waals surface area (Å²) in [6.07, 6.45) is 27.2. The van der Waals surface area contributed by atoms with Gasteiger partial charge in [0, 0.05) is 0 Å². The third-order valence-electron chi connectivity index (χ3n) is 5.96. The van der Waals surface area contributed by atoms with Crippen molar-refractivity contribution in [3.63, 3.8) is 0 Å². The van der Waals surface area contributed by atoms with Gasteiger partial charge in [-0.3, -0.25) is 0 Å². The van der Waals surface area contributed by atoms with Crippen molar-refractivity contribution in [3.05, 3.63) is 23.8 Å². The maximum atomic E-state index is 3.97. The van der Waals surface area contributed by atoms with E-state index in [1.807, 2.05) is 0 Å². The summed E-state index contributed by atoms with van der Waals surface area (Å²) >= 11 is 0. The van der Waals surface area contributed by atoms with Crippen LogP contribution < -0.4 is 0 Å². The second-order valence-corrected chi connectivity index (χ2v) is 9.55. The quantitative estimate of drug-likeness (QED) is 0.199. The Morgan fingerprint density at radius 3 is 1.26 bits per heavy atom. The van der Waals surface area contributed by atoms with E-state index in [-0.39, 0.29) is 0 Å². The van der Waals surface area contributed by atoms with Gasteiger partial charge in [-0.1, -0.05) is 162 Å². The van der Waals surface area contributed by atoms with E-state index in [1.165, 1.54) is 121 Å². The van der Waals surface area contributed by atoms with E-state index in [4.69, 9.17) is 0 Å². The van der Waals surface area contributed by atoms with Crippen molar-refractivity contribution >= 4 is 0 Å². The fourth-order valence-corrected chi connectivity index (χ4v) is 3.44. The fourth-order valence-electron chi connectivity index (χ4n) is 3.44. The van der Waals surface area contributed by atoms with Gasteiger partial charge in [0.1, 0.15) is 0 Å². The Bertz CT molecular complexity index is 335. The summed E-state index contributed by atoms with van der Waals surface area (Å²) in [5, 5.41) is 0. The lowest BCUT2D eigenvalue weighted by atomic mass is 9.86. The van der Waals surface area contributed by atoms with Gasteiger partial charge in [-0.25, -0.2) is 0 Å². The van der Waals surface area contributed by atoms with Crippen LogP contribution in [0.25, 0.3) is 0 Å². The Morgan fingerprint density at radius 1 is 0.677 bits per heavy atom. The molecule has 1 rings (SSSR count). The van der Waals surface area contributed by atoms with Gasteiger partial charge in [-0.15, -0.1) is 0 Å². The molecule has 188 valence electrons. The highest BCUT2D eigenvalue weighted by molar-refractivity contribution is 5.09. The van der Waals surface area contributed by atoms with Gasteiger partial charge >= 0.3 is 0 Å². The van der Waals surface area contributed by atoms with Gasteiger partial charge in [-0.2, -0.15) is 0 Å². The van der Waals surface area contributed by atoms with E-state index in [0.717, 1.165) is 5.92 Å². The average Bonchev–Trinajstić information content (AvgIpc) is 2.77. The molecule has 0 saturated heterocycles. The lowest BCUT2D eigenvalue weighted by Crippen LogP contribution is -2.04. The zero-order chi connectivity index (χ0) is 24.2. The molecular formula is C31H64. The van der Waals surface area contributed by atoms with E-state index in [2.05, 4.69) is 68.0 Å². The summed E-state index contributed by atoms with van der Waals surface area (Å²) in [5.74, 6) is 0.767. The molecule has 0 aromatic carbocycles. The molecule has 0 N–H and O–H groups in total. The molecule has 1 aliphatic carbocycles. The molecule has 31 heavy (non-hydrogen) atoms. The minimum atomic E-state index is 0.767. The van der Waals surface area contributed by atoms with Crippen LogP contribution in [0.5, 0.6) is 0 Å². The zero-order valence-corrected chi connectivity index (χ0v) is 23.6. The highest BCUT2D eigenvalue weighted by Gasteiger charge is 2.11. The molecule has 0 spiro atoms. The van der Waals surface area contributed by atoms with E-state index < -0.39 is 0 Å². The maximum Gasteiger partial charge on any atom is -0.0171 e. The first-order valence-electron chi connectivity index (χ1n) is 14.3. The van der Waals surface area contributed by atoms with Crippen molar-refractivity contribution in [2.24, 2.45) is 5.92 Å². The van der Waals surface area contributed by atoms with Crippen LogP contribution in [0, 0.1) is 5.92 Å². The van der Waals surface area contributed by atoms with Gasteiger partial charge in [0.25, 0.3) is 0 Å². The molecule has 0 fully saturated rings. The monoisotopic (exact) mass is 437 g/mol. The number of rotatable bonds is 13. The van der Waals surface area contributed by atoms with Gasteiger partial charge in [0.15, 0.2) is 0 Å². The molecule has 1 unspecified atom stereocenters. The molecule has 0 saturated carbocycles. The Kier molecular flexibility index (Phi) is 35.8. The van der Waals surface area contributed by atoms with E-state index >= 15 is 0 Å². The van der Waals surface area contributed by atoms with Crippen LogP contribution in [0.15, 0.2) is 23.8 Å². The topological polar surface area (TPSA) is 0 Å².